The van der Waals surface area contributed by atoms with Gasteiger partial charge in [0.1, 0.15) is 11.6 Å². The van der Waals surface area contributed by atoms with Gasteiger partial charge < -0.3 is 10.1 Å². The van der Waals surface area contributed by atoms with Gasteiger partial charge in [0.25, 0.3) is 0 Å². The molecule has 0 aliphatic rings. The van der Waals surface area contributed by atoms with Gasteiger partial charge in [0.15, 0.2) is 0 Å². The lowest BCUT2D eigenvalue weighted by molar-refractivity contribution is -0.386. The molecule has 7 heteroatoms. The van der Waals surface area contributed by atoms with E-state index in [1.165, 1.54) is 12.1 Å². The van der Waals surface area contributed by atoms with Gasteiger partial charge in [-0.2, -0.15) is 4.98 Å². The fraction of sp³-hybridized carbons (Fsp3) is 0.154. The molecule has 0 aliphatic carbocycles. The molecule has 1 aromatic heterocycles. The molecule has 0 spiro atoms. The summed E-state index contributed by atoms with van der Waals surface area (Å²) in [7, 11) is 0. The molecule has 0 amide bonds. The maximum atomic E-state index is 11.0. The van der Waals surface area contributed by atoms with Crippen molar-refractivity contribution in [2.24, 2.45) is 0 Å². The molecule has 2 rings (SSSR count). The summed E-state index contributed by atoms with van der Waals surface area (Å²) in [5.41, 5.74) is -0.193. The van der Waals surface area contributed by atoms with Gasteiger partial charge in [-0.3, -0.25) is 10.1 Å². The fourth-order valence-electron chi connectivity index (χ4n) is 1.54. The van der Waals surface area contributed by atoms with Crippen molar-refractivity contribution in [2.45, 2.75) is 6.92 Å². The lowest BCUT2D eigenvalue weighted by atomic mass is 10.3. The van der Waals surface area contributed by atoms with Crippen molar-refractivity contribution in [3.8, 4) is 11.6 Å². The van der Waals surface area contributed by atoms with Crippen LogP contribution in [0.15, 0.2) is 36.4 Å². The number of hydrogen-bond donors (Lipinski definition) is 1. The number of rotatable bonds is 5. The Kier molecular flexibility index (Phi) is 4.37. The monoisotopic (exact) mass is 293 g/mol. The maximum absolute atomic E-state index is 11.0. The maximum Gasteiger partial charge on any atom is 0.331 e. The number of nitro groups is 1. The molecule has 0 bridgehead atoms. The van der Waals surface area contributed by atoms with Crippen LogP contribution in [0.5, 0.6) is 11.6 Å². The van der Waals surface area contributed by atoms with Gasteiger partial charge in [-0.05, 0) is 37.3 Å². The van der Waals surface area contributed by atoms with E-state index < -0.39 is 4.92 Å². The number of halogens is 1. The van der Waals surface area contributed by atoms with Crippen molar-refractivity contribution in [1.82, 2.24) is 4.98 Å². The number of nitrogens with one attached hydrogen (secondary N) is 1. The van der Waals surface area contributed by atoms with Crippen LogP contribution < -0.4 is 10.1 Å². The molecule has 1 heterocycles. The van der Waals surface area contributed by atoms with Crippen LogP contribution in [-0.2, 0) is 0 Å². The van der Waals surface area contributed by atoms with Crippen LogP contribution in [0, 0.1) is 10.1 Å². The first-order chi connectivity index (χ1) is 9.60. The largest absolute Gasteiger partial charge is 0.434 e. The van der Waals surface area contributed by atoms with Gasteiger partial charge in [0, 0.05) is 17.6 Å². The molecule has 0 saturated carbocycles. The van der Waals surface area contributed by atoms with Crippen LogP contribution in [0.25, 0.3) is 0 Å². The van der Waals surface area contributed by atoms with E-state index in [9.17, 15) is 10.1 Å². The minimum absolute atomic E-state index is 0.0595. The zero-order valence-electron chi connectivity index (χ0n) is 10.7. The number of hydrogen-bond acceptors (Lipinski definition) is 5. The molecular formula is C13H12ClN3O3. The first-order valence-electron chi connectivity index (χ1n) is 5.93. The summed E-state index contributed by atoms with van der Waals surface area (Å²) in [6.45, 7) is 2.56. The summed E-state index contributed by atoms with van der Waals surface area (Å²) in [6.07, 6.45) is 0. The molecule has 0 saturated heterocycles. The zero-order valence-corrected chi connectivity index (χ0v) is 11.4. The highest BCUT2D eigenvalue weighted by Gasteiger charge is 2.18. The summed E-state index contributed by atoms with van der Waals surface area (Å²) in [4.78, 5) is 14.5. The zero-order chi connectivity index (χ0) is 14.5. The fourth-order valence-corrected chi connectivity index (χ4v) is 1.67. The Hall–Kier alpha value is -2.34. The highest BCUT2D eigenvalue weighted by Crippen LogP contribution is 2.31. The van der Waals surface area contributed by atoms with E-state index in [1.54, 1.807) is 24.3 Å². The minimum atomic E-state index is -0.534. The Morgan fingerprint density at radius 2 is 2.00 bits per heavy atom. The number of pyridine rings is 1. The summed E-state index contributed by atoms with van der Waals surface area (Å²) in [6, 6.07) is 9.40. The van der Waals surface area contributed by atoms with Gasteiger partial charge >= 0.3 is 11.6 Å². The van der Waals surface area contributed by atoms with E-state index in [4.69, 9.17) is 16.3 Å². The normalized spacial score (nSPS) is 10.1. The number of aromatic nitrogens is 1. The molecule has 0 unspecified atom stereocenters. The van der Waals surface area contributed by atoms with E-state index >= 15 is 0 Å². The van der Waals surface area contributed by atoms with Gasteiger partial charge in [-0.15, -0.1) is 0 Å². The predicted octanol–water partition coefficient (Wildman–Crippen LogP) is 3.87. The molecule has 0 radical (unpaired) electrons. The molecule has 0 atom stereocenters. The third-order valence-corrected chi connectivity index (χ3v) is 2.67. The highest BCUT2D eigenvalue weighted by molar-refractivity contribution is 6.30. The molecule has 20 heavy (non-hydrogen) atoms. The molecule has 0 fully saturated rings. The van der Waals surface area contributed by atoms with Crippen molar-refractivity contribution < 1.29 is 9.66 Å². The van der Waals surface area contributed by atoms with Gasteiger partial charge in [-0.25, -0.2) is 0 Å². The molecule has 1 N–H and O–H groups in total. The lowest BCUT2D eigenvalue weighted by Gasteiger charge is -2.08. The summed E-state index contributed by atoms with van der Waals surface area (Å²) in [5, 5.41) is 14.5. The summed E-state index contributed by atoms with van der Waals surface area (Å²) in [5.74, 6) is 0.886. The SMILES string of the molecule is CCNc1ccc([N+](=O)[O-])c(Oc2ccc(Cl)cc2)n1. The molecule has 104 valence electrons. The van der Waals surface area contributed by atoms with Gasteiger partial charge in [0.2, 0.25) is 0 Å². The van der Waals surface area contributed by atoms with Crippen LogP contribution in [-0.4, -0.2) is 16.5 Å². The van der Waals surface area contributed by atoms with Gasteiger partial charge in [0.05, 0.1) is 4.92 Å². The quantitative estimate of drug-likeness (QED) is 0.669. The Balaban J connectivity index is 2.34. The Bertz CT molecular complexity index is 617. The predicted molar refractivity (Wildman–Crippen MR) is 76.6 cm³/mol. The Morgan fingerprint density at radius 1 is 1.30 bits per heavy atom. The second-order valence-corrected chi connectivity index (χ2v) is 4.30. The molecule has 6 nitrogen and oxygen atoms in total. The van der Waals surface area contributed by atoms with Crippen molar-refractivity contribution in [1.29, 1.82) is 0 Å². The van der Waals surface area contributed by atoms with Crippen LogP contribution in [0.4, 0.5) is 11.5 Å². The first-order valence-corrected chi connectivity index (χ1v) is 6.30. The second kappa shape index (κ2) is 6.21. The number of anilines is 1. The number of ether oxygens (including phenoxy) is 1. The topological polar surface area (TPSA) is 77.3 Å². The van der Waals surface area contributed by atoms with E-state index in [0.29, 0.717) is 23.1 Å². The third kappa shape index (κ3) is 3.36. The summed E-state index contributed by atoms with van der Waals surface area (Å²) >= 11 is 5.77. The third-order valence-electron chi connectivity index (χ3n) is 2.42. The average Bonchev–Trinajstić information content (AvgIpc) is 2.42. The molecule has 1 aromatic carbocycles. The van der Waals surface area contributed by atoms with Crippen molar-refractivity contribution >= 4 is 23.1 Å². The van der Waals surface area contributed by atoms with E-state index in [2.05, 4.69) is 10.3 Å². The number of nitrogens with zero attached hydrogens (tertiary/aromatic N) is 2. The molecule has 0 aliphatic heterocycles. The number of benzene rings is 1. The molecular weight excluding hydrogens is 282 g/mol. The van der Waals surface area contributed by atoms with Crippen molar-refractivity contribution in [3.05, 3.63) is 51.5 Å². The van der Waals surface area contributed by atoms with E-state index in [-0.39, 0.29) is 11.6 Å². The average molecular weight is 294 g/mol. The van der Waals surface area contributed by atoms with E-state index in [0.717, 1.165) is 0 Å². The summed E-state index contributed by atoms with van der Waals surface area (Å²) < 4.78 is 5.46. The standard InChI is InChI=1S/C13H12ClN3O3/c1-2-15-12-8-7-11(17(18)19)13(16-12)20-10-5-3-9(14)4-6-10/h3-8H,2H2,1H3,(H,15,16). The highest BCUT2D eigenvalue weighted by atomic mass is 35.5. The Labute approximate surface area is 120 Å². The Morgan fingerprint density at radius 3 is 2.60 bits per heavy atom. The second-order valence-electron chi connectivity index (χ2n) is 3.86. The molecule has 2 aromatic rings. The van der Waals surface area contributed by atoms with Crippen LogP contribution in [0.2, 0.25) is 5.02 Å². The smallest absolute Gasteiger partial charge is 0.331 e. The first kappa shape index (κ1) is 14.1. The van der Waals surface area contributed by atoms with E-state index in [1.807, 2.05) is 6.92 Å². The van der Waals surface area contributed by atoms with Crippen LogP contribution in [0.3, 0.4) is 0 Å². The van der Waals surface area contributed by atoms with Gasteiger partial charge in [-0.1, -0.05) is 11.6 Å². The lowest BCUT2D eigenvalue weighted by Crippen LogP contribution is -2.02. The minimum Gasteiger partial charge on any atom is -0.434 e. The van der Waals surface area contributed by atoms with Crippen molar-refractivity contribution in [3.63, 3.8) is 0 Å². The van der Waals surface area contributed by atoms with Crippen molar-refractivity contribution in [2.75, 3.05) is 11.9 Å². The van der Waals surface area contributed by atoms with Crippen LogP contribution >= 0.6 is 11.6 Å². The van der Waals surface area contributed by atoms with Crippen LogP contribution in [0.1, 0.15) is 6.92 Å².